The van der Waals surface area contributed by atoms with Crippen molar-refractivity contribution >= 4 is 17.4 Å². The van der Waals surface area contributed by atoms with Crippen LogP contribution < -0.4 is 10.1 Å². The van der Waals surface area contributed by atoms with E-state index < -0.39 is 0 Å². The van der Waals surface area contributed by atoms with Gasteiger partial charge in [0, 0.05) is 24.2 Å². The molecule has 26 heavy (non-hydrogen) atoms. The fraction of sp³-hybridized carbons (Fsp3) is 0.333. The van der Waals surface area contributed by atoms with Crippen molar-refractivity contribution in [2.24, 2.45) is 0 Å². The Morgan fingerprint density at radius 2 is 1.58 bits per heavy atom. The third-order valence-electron chi connectivity index (χ3n) is 3.63. The topological polar surface area (TPSA) is 64.6 Å². The zero-order valence-corrected chi connectivity index (χ0v) is 15.5. The van der Waals surface area contributed by atoms with E-state index in [1.54, 1.807) is 43.3 Å². The zero-order valence-electron chi connectivity index (χ0n) is 15.5. The van der Waals surface area contributed by atoms with E-state index >= 15 is 0 Å². The Morgan fingerprint density at radius 3 is 2.15 bits per heavy atom. The van der Waals surface area contributed by atoms with E-state index in [0.717, 1.165) is 11.4 Å². The lowest BCUT2D eigenvalue weighted by molar-refractivity contribution is 0.0526. The van der Waals surface area contributed by atoms with Gasteiger partial charge in [0.1, 0.15) is 5.75 Å². The molecule has 5 heteroatoms. The minimum absolute atomic E-state index is 0.0664. The molecule has 2 rings (SSSR count). The van der Waals surface area contributed by atoms with Crippen LogP contribution in [0.25, 0.3) is 0 Å². The van der Waals surface area contributed by atoms with E-state index in [4.69, 9.17) is 9.47 Å². The van der Waals surface area contributed by atoms with Gasteiger partial charge >= 0.3 is 5.97 Å². The van der Waals surface area contributed by atoms with Gasteiger partial charge in [-0.25, -0.2) is 4.79 Å². The molecule has 0 saturated heterocycles. The van der Waals surface area contributed by atoms with E-state index in [9.17, 15) is 9.59 Å². The van der Waals surface area contributed by atoms with Crippen molar-refractivity contribution < 1.29 is 19.1 Å². The molecule has 0 atom stereocenters. The number of anilines is 1. The molecule has 0 saturated carbocycles. The lowest BCUT2D eigenvalue weighted by atomic mass is 10.1. The van der Waals surface area contributed by atoms with Crippen molar-refractivity contribution in [3.63, 3.8) is 0 Å². The van der Waals surface area contributed by atoms with Gasteiger partial charge in [-0.2, -0.15) is 0 Å². The summed E-state index contributed by atoms with van der Waals surface area (Å²) in [5, 5.41) is 3.18. The quantitative estimate of drug-likeness (QED) is 0.535. The molecule has 2 aromatic carbocycles. The number of nitrogens with one attached hydrogen (secondary N) is 1. The Bertz CT molecular complexity index is 721. The highest BCUT2D eigenvalue weighted by molar-refractivity contribution is 5.96. The molecule has 0 spiro atoms. The molecule has 0 radical (unpaired) electrons. The standard InChI is InChI=1S/C21H25NO4/c1-4-25-21(24)17-5-9-18(10-6-17)22-14-13-20(23)16-7-11-19(12-8-16)26-15(2)3/h5-12,15,22H,4,13-14H2,1-3H3. The van der Waals surface area contributed by atoms with Crippen LogP contribution in [0.15, 0.2) is 48.5 Å². The third-order valence-corrected chi connectivity index (χ3v) is 3.63. The maximum atomic E-state index is 12.2. The van der Waals surface area contributed by atoms with Crippen LogP contribution in [0.4, 0.5) is 5.69 Å². The fourth-order valence-electron chi connectivity index (χ4n) is 2.39. The number of Topliss-reactive ketones (excluding diaryl/α,β-unsaturated/α-hetero) is 1. The van der Waals surface area contributed by atoms with Crippen LogP contribution in [0, 0.1) is 0 Å². The molecule has 0 aliphatic heterocycles. The van der Waals surface area contributed by atoms with Gasteiger partial charge in [0.05, 0.1) is 18.3 Å². The second kappa shape index (κ2) is 9.61. The summed E-state index contributed by atoms with van der Waals surface area (Å²) >= 11 is 0. The predicted octanol–water partition coefficient (Wildman–Crippen LogP) is 4.34. The lowest BCUT2D eigenvalue weighted by Crippen LogP contribution is -2.10. The summed E-state index contributed by atoms with van der Waals surface area (Å²) in [4.78, 5) is 23.8. The molecule has 2 aromatic rings. The highest BCUT2D eigenvalue weighted by atomic mass is 16.5. The van der Waals surface area contributed by atoms with Crippen molar-refractivity contribution in [3.8, 4) is 5.75 Å². The van der Waals surface area contributed by atoms with Gasteiger partial charge in [-0.1, -0.05) is 0 Å². The van der Waals surface area contributed by atoms with Gasteiger partial charge in [0.25, 0.3) is 0 Å². The molecule has 0 heterocycles. The van der Waals surface area contributed by atoms with E-state index in [1.807, 2.05) is 26.0 Å². The second-order valence-corrected chi connectivity index (χ2v) is 6.09. The number of rotatable bonds is 9. The van der Waals surface area contributed by atoms with Gasteiger partial charge in [-0.15, -0.1) is 0 Å². The first kappa shape index (κ1) is 19.5. The van der Waals surface area contributed by atoms with Crippen molar-refractivity contribution in [3.05, 3.63) is 59.7 Å². The largest absolute Gasteiger partial charge is 0.491 e. The second-order valence-electron chi connectivity index (χ2n) is 6.09. The zero-order chi connectivity index (χ0) is 18.9. The molecular formula is C21H25NO4. The molecule has 0 aliphatic rings. The molecule has 5 nitrogen and oxygen atoms in total. The monoisotopic (exact) mass is 355 g/mol. The first-order chi connectivity index (χ1) is 12.5. The summed E-state index contributed by atoms with van der Waals surface area (Å²) in [7, 11) is 0. The Kier molecular flexibility index (Phi) is 7.21. The maximum absolute atomic E-state index is 12.2. The Balaban J connectivity index is 1.81. The SMILES string of the molecule is CCOC(=O)c1ccc(NCCC(=O)c2ccc(OC(C)C)cc2)cc1. The van der Waals surface area contributed by atoms with Crippen LogP contribution >= 0.6 is 0 Å². The number of carbonyl (C=O) groups excluding carboxylic acids is 2. The number of hydrogen-bond acceptors (Lipinski definition) is 5. The van der Waals surface area contributed by atoms with Crippen LogP contribution in [0.2, 0.25) is 0 Å². The molecular weight excluding hydrogens is 330 g/mol. The summed E-state index contributed by atoms with van der Waals surface area (Å²) in [5.74, 6) is 0.493. The number of benzene rings is 2. The van der Waals surface area contributed by atoms with Crippen molar-refractivity contribution in [1.82, 2.24) is 0 Å². The average molecular weight is 355 g/mol. The van der Waals surface area contributed by atoms with Crippen LogP contribution in [0.1, 0.15) is 47.9 Å². The summed E-state index contributed by atoms with van der Waals surface area (Å²) in [6.07, 6.45) is 0.486. The molecule has 0 aliphatic carbocycles. The number of ketones is 1. The Labute approximate surface area is 154 Å². The van der Waals surface area contributed by atoms with Gasteiger partial charge in [0.15, 0.2) is 5.78 Å². The number of hydrogen-bond donors (Lipinski definition) is 1. The normalized spacial score (nSPS) is 10.5. The number of esters is 1. The molecule has 0 fully saturated rings. The van der Waals surface area contributed by atoms with Crippen LogP contribution in [-0.2, 0) is 4.74 Å². The molecule has 0 amide bonds. The van der Waals surface area contributed by atoms with Gasteiger partial charge in [-0.05, 0) is 69.3 Å². The van der Waals surface area contributed by atoms with Crippen LogP contribution in [0.3, 0.4) is 0 Å². The van der Waals surface area contributed by atoms with Crippen LogP contribution in [-0.4, -0.2) is 31.0 Å². The predicted molar refractivity (Wildman–Crippen MR) is 102 cm³/mol. The summed E-state index contributed by atoms with van der Waals surface area (Å²) < 4.78 is 10.5. The number of carbonyl (C=O) groups is 2. The van der Waals surface area contributed by atoms with E-state index in [0.29, 0.717) is 30.7 Å². The summed E-state index contributed by atoms with van der Waals surface area (Å²) in [6, 6.07) is 14.2. The first-order valence-corrected chi connectivity index (χ1v) is 8.80. The van der Waals surface area contributed by atoms with Gasteiger partial charge in [0.2, 0.25) is 0 Å². The highest BCUT2D eigenvalue weighted by Gasteiger charge is 2.08. The van der Waals surface area contributed by atoms with Crippen LogP contribution in [0.5, 0.6) is 5.75 Å². The molecule has 0 unspecified atom stereocenters. The van der Waals surface area contributed by atoms with E-state index in [1.165, 1.54) is 0 Å². The van der Waals surface area contributed by atoms with Crippen molar-refractivity contribution in [1.29, 1.82) is 0 Å². The molecule has 1 N–H and O–H groups in total. The summed E-state index contributed by atoms with van der Waals surface area (Å²) in [5.41, 5.74) is 2.03. The highest BCUT2D eigenvalue weighted by Crippen LogP contribution is 2.15. The minimum atomic E-state index is -0.334. The molecule has 0 bridgehead atoms. The minimum Gasteiger partial charge on any atom is -0.491 e. The maximum Gasteiger partial charge on any atom is 0.338 e. The Hall–Kier alpha value is -2.82. The third kappa shape index (κ3) is 5.92. The Morgan fingerprint density at radius 1 is 0.962 bits per heavy atom. The number of ether oxygens (including phenoxy) is 2. The lowest BCUT2D eigenvalue weighted by Gasteiger charge is -2.10. The van der Waals surface area contributed by atoms with E-state index in [-0.39, 0.29) is 17.9 Å². The van der Waals surface area contributed by atoms with Crippen molar-refractivity contribution in [2.75, 3.05) is 18.5 Å². The van der Waals surface area contributed by atoms with Gasteiger partial charge in [-0.3, -0.25) is 4.79 Å². The van der Waals surface area contributed by atoms with Crippen molar-refractivity contribution in [2.45, 2.75) is 33.3 Å². The summed E-state index contributed by atoms with van der Waals surface area (Å²) in [6.45, 7) is 6.57. The molecule has 138 valence electrons. The molecule has 0 aromatic heterocycles. The smallest absolute Gasteiger partial charge is 0.338 e. The fourth-order valence-corrected chi connectivity index (χ4v) is 2.39. The first-order valence-electron chi connectivity index (χ1n) is 8.80. The van der Waals surface area contributed by atoms with E-state index in [2.05, 4.69) is 5.32 Å². The average Bonchev–Trinajstić information content (AvgIpc) is 2.62. The van der Waals surface area contributed by atoms with Gasteiger partial charge < -0.3 is 14.8 Å².